The summed E-state index contributed by atoms with van der Waals surface area (Å²) < 4.78 is 11.1. The van der Waals surface area contributed by atoms with Gasteiger partial charge in [-0.25, -0.2) is 0 Å². The molecule has 0 amide bonds. The molecule has 2 rings (SSSR count). The fourth-order valence-corrected chi connectivity index (χ4v) is 3.52. The molecule has 0 spiro atoms. The van der Waals surface area contributed by atoms with E-state index in [9.17, 15) is 0 Å². The first-order valence-corrected chi connectivity index (χ1v) is 7.42. The quantitative estimate of drug-likeness (QED) is 0.771. The highest BCUT2D eigenvalue weighted by molar-refractivity contribution is 5.01. The van der Waals surface area contributed by atoms with Crippen molar-refractivity contribution in [1.82, 2.24) is 9.80 Å². The zero-order chi connectivity index (χ0) is 13.9. The Hall–Kier alpha value is -0.200. The van der Waals surface area contributed by atoms with Crippen LogP contribution in [0.4, 0.5) is 0 Å². The molecule has 0 aliphatic carbocycles. The number of piperidine rings is 1. The Morgan fingerprint density at radius 3 is 2.00 bits per heavy atom. The molecule has 0 saturated carbocycles. The van der Waals surface area contributed by atoms with Crippen LogP contribution in [0.2, 0.25) is 0 Å². The molecule has 5 heteroatoms. The van der Waals surface area contributed by atoms with Crippen LogP contribution in [-0.4, -0.2) is 81.0 Å². The maximum absolute atomic E-state index is 6.14. The molecule has 2 fully saturated rings. The van der Waals surface area contributed by atoms with E-state index < -0.39 is 0 Å². The van der Waals surface area contributed by atoms with Gasteiger partial charge in [-0.3, -0.25) is 4.90 Å². The molecule has 19 heavy (non-hydrogen) atoms. The summed E-state index contributed by atoms with van der Waals surface area (Å²) in [6.45, 7) is 8.29. The van der Waals surface area contributed by atoms with Crippen LogP contribution in [0.3, 0.4) is 0 Å². The number of methoxy groups -OCH3 is 2. The van der Waals surface area contributed by atoms with E-state index in [1.807, 2.05) is 0 Å². The van der Waals surface area contributed by atoms with Gasteiger partial charge in [-0.15, -0.1) is 0 Å². The number of rotatable bonds is 5. The third-order valence-corrected chi connectivity index (χ3v) is 5.11. The van der Waals surface area contributed by atoms with Gasteiger partial charge in [-0.1, -0.05) is 6.92 Å². The second-order valence-electron chi connectivity index (χ2n) is 5.82. The highest BCUT2D eigenvalue weighted by Gasteiger charge is 2.45. The minimum atomic E-state index is 0.149. The first-order valence-electron chi connectivity index (χ1n) is 7.42. The first kappa shape index (κ1) is 15.2. The van der Waals surface area contributed by atoms with Crippen LogP contribution in [0, 0.1) is 0 Å². The number of ether oxygens (including phenoxy) is 2. The summed E-state index contributed by atoms with van der Waals surface area (Å²) >= 11 is 0. The van der Waals surface area contributed by atoms with E-state index in [0.717, 1.165) is 52.1 Å². The van der Waals surface area contributed by atoms with E-state index >= 15 is 0 Å². The molecular formula is C14H29N3O2. The normalized spacial score (nSPS) is 32.8. The average Bonchev–Trinajstić information content (AvgIpc) is 2.91. The van der Waals surface area contributed by atoms with Gasteiger partial charge >= 0.3 is 0 Å². The van der Waals surface area contributed by atoms with Crippen molar-refractivity contribution in [3.8, 4) is 0 Å². The van der Waals surface area contributed by atoms with E-state index in [1.165, 1.54) is 0 Å². The standard InChI is InChI=1S/C14H29N3O2/c1-4-16-7-5-14(11-15,6-8-16)17-9-12(18-2)13(10-17)19-3/h12-13H,4-11,15H2,1-3H3. The van der Waals surface area contributed by atoms with Gasteiger partial charge in [0, 0.05) is 39.4 Å². The smallest absolute Gasteiger partial charge is 0.0972 e. The van der Waals surface area contributed by atoms with Crippen molar-refractivity contribution in [2.75, 3.05) is 53.5 Å². The molecule has 5 nitrogen and oxygen atoms in total. The fourth-order valence-electron chi connectivity index (χ4n) is 3.52. The van der Waals surface area contributed by atoms with Gasteiger partial charge in [-0.05, 0) is 32.5 Å². The van der Waals surface area contributed by atoms with Gasteiger partial charge in [0.1, 0.15) is 0 Å². The molecule has 2 aliphatic heterocycles. The number of hydrogen-bond acceptors (Lipinski definition) is 5. The second kappa shape index (κ2) is 6.50. The lowest BCUT2D eigenvalue weighted by atomic mass is 9.86. The van der Waals surface area contributed by atoms with Crippen LogP contribution in [0.15, 0.2) is 0 Å². The molecule has 2 atom stereocenters. The Morgan fingerprint density at radius 2 is 1.63 bits per heavy atom. The molecule has 2 saturated heterocycles. The number of nitrogens with two attached hydrogens (primary N) is 1. The fraction of sp³-hybridized carbons (Fsp3) is 1.00. The zero-order valence-electron chi connectivity index (χ0n) is 12.6. The first-order chi connectivity index (χ1) is 9.19. The summed E-state index contributed by atoms with van der Waals surface area (Å²) in [5.41, 5.74) is 6.29. The molecule has 2 unspecified atom stereocenters. The lowest BCUT2D eigenvalue weighted by Gasteiger charge is -2.47. The van der Waals surface area contributed by atoms with E-state index in [4.69, 9.17) is 15.2 Å². The van der Waals surface area contributed by atoms with Crippen LogP contribution in [0.1, 0.15) is 19.8 Å². The average molecular weight is 271 g/mol. The van der Waals surface area contributed by atoms with Crippen LogP contribution in [0.25, 0.3) is 0 Å². The van der Waals surface area contributed by atoms with E-state index in [-0.39, 0.29) is 17.7 Å². The largest absolute Gasteiger partial charge is 0.377 e. The molecule has 0 aromatic rings. The predicted molar refractivity (Wildman–Crippen MR) is 76.3 cm³/mol. The Labute approximate surface area is 117 Å². The molecule has 2 aliphatic rings. The summed E-state index contributed by atoms with van der Waals surface area (Å²) in [5.74, 6) is 0. The zero-order valence-corrected chi connectivity index (χ0v) is 12.6. The van der Waals surface area contributed by atoms with Crippen molar-refractivity contribution in [2.24, 2.45) is 5.73 Å². The summed E-state index contributed by atoms with van der Waals surface area (Å²) in [6.07, 6.45) is 2.67. The van der Waals surface area contributed by atoms with Crippen LogP contribution in [0.5, 0.6) is 0 Å². The van der Waals surface area contributed by atoms with Gasteiger partial charge in [0.05, 0.1) is 12.2 Å². The molecule has 0 radical (unpaired) electrons. The van der Waals surface area contributed by atoms with E-state index in [2.05, 4.69) is 16.7 Å². The highest BCUT2D eigenvalue weighted by Crippen LogP contribution is 2.32. The van der Waals surface area contributed by atoms with E-state index in [0.29, 0.717) is 0 Å². The molecule has 0 aromatic carbocycles. The summed E-state index contributed by atoms with van der Waals surface area (Å²) in [5, 5.41) is 0. The number of hydrogen-bond donors (Lipinski definition) is 1. The molecule has 0 aromatic heterocycles. The highest BCUT2D eigenvalue weighted by atomic mass is 16.5. The maximum Gasteiger partial charge on any atom is 0.0972 e. The topological polar surface area (TPSA) is 51.0 Å². The second-order valence-corrected chi connectivity index (χ2v) is 5.82. The monoisotopic (exact) mass is 271 g/mol. The molecule has 2 N–H and O–H groups in total. The molecule has 2 heterocycles. The number of nitrogens with zero attached hydrogens (tertiary/aromatic N) is 2. The van der Waals surface area contributed by atoms with Crippen molar-refractivity contribution in [3.63, 3.8) is 0 Å². The van der Waals surface area contributed by atoms with Gasteiger partial charge in [0.15, 0.2) is 0 Å². The summed E-state index contributed by atoms with van der Waals surface area (Å²) in [7, 11) is 3.55. The lowest BCUT2D eigenvalue weighted by Crippen LogP contribution is -2.59. The van der Waals surface area contributed by atoms with Crippen molar-refractivity contribution < 1.29 is 9.47 Å². The predicted octanol–water partition coefficient (Wildman–Crippen LogP) is 0.145. The van der Waals surface area contributed by atoms with Crippen LogP contribution >= 0.6 is 0 Å². The minimum Gasteiger partial charge on any atom is -0.377 e. The Kier molecular flexibility index (Phi) is 5.20. The van der Waals surface area contributed by atoms with Crippen molar-refractivity contribution in [1.29, 1.82) is 0 Å². The Morgan fingerprint density at radius 1 is 1.11 bits per heavy atom. The molecule has 0 bridgehead atoms. The van der Waals surface area contributed by atoms with Crippen LogP contribution in [-0.2, 0) is 9.47 Å². The Bertz CT molecular complexity index is 268. The van der Waals surface area contributed by atoms with Gasteiger partial charge < -0.3 is 20.1 Å². The third kappa shape index (κ3) is 2.95. The van der Waals surface area contributed by atoms with Crippen molar-refractivity contribution >= 4 is 0 Å². The SMILES string of the molecule is CCN1CCC(CN)(N2CC(OC)C(OC)C2)CC1. The molecular weight excluding hydrogens is 242 g/mol. The number of likely N-dealkylation sites (tertiary alicyclic amines) is 2. The summed E-state index contributed by atoms with van der Waals surface area (Å²) in [4.78, 5) is 5.02. The minimum absolute atomic E-state index is 0.149. The Balaban J connectivity index is 2.02. The summed E-state index contributed by atoms with van der Waals surface area (Å²) in [6, 6.07) is 0. The van der Waals surface area contributed by atoms with Gasteiger partial charge in [-0.2, -0.15) is 0 Å². The van der Waals surface area contributed by atoms with E-state index in [1.54, 1.807) is 14.2 Å². The lowest BCUT2D eigenvalue weighted by molar-refractivity contribution is -0.00461. The maximum atomic E-state index is 6.14. The van der Waals surface area contributed by atoms with Gasteiger partial charge in [0.25, 0.3) is 0 Å². The molecule has 112 valence electrons. The van der Waals surface area contributed by atoms with Crippen LogP contribution < -0.4 is 5.73 Å². The van der Waals surface area contributed by atoms with Crippen molar-refractivity contribution in [3.05, 3.63) is 0 Å². The van der Waals surface area contributed by atoms with Gasteiger partial charge in [0.2, 0.25) is 0 Å². The third-order valence-electron chi connectivity index (χ3n) is 5.11. The van der Waals surface area contributed by atoms with Crippen molar-refractivity contribution in [2.45, 2.75) is 37.5 Å².